The molecule has 4 heteroatoms. The summed E-state index contributed by atoms with van der Waals surface area (Å²) in [6, 6.07) is 0.678. The lowest BCUT2D eigenvalue weighted by Crippen LogP contribution is -2.42. The summed E-state index contributed by atoms with van der Waals surface area (Å²) in [5.41, 5.74) is 5.77. The quantitative estimate of drug-likeness (QED) is 0.759. The largest absolute Gasteiger partial charge is 0.329 e. The van der Waals surface area contributed by atoms with Crippen molar-refractivity contribution in [2.75, 3.05) is 32.7 Å². The van der Waals surface area contributed by atoms with Gasteiger partial charge in [0.05, 0.1) is 0 Å². The average Bonchev–Trinajstić information content (AvgIpc) is 2.67. The van der Waals surface area contributed by atoms with Crippen LogP contribution in [0.5, 0.6) is 0 Å². The minimum absolute atomic E-state index is 0. The molecule has 90 valence electrons. The van der Waals surface area contributed by atoms with Gasteiger partial charge in [0.2, 0.25) is 0 Å². The summed E-state index contributed by atoms with van der Waals surface area (Å²) in [6.07, 6.45) is 5.42. The zero-order valence-corrected chi connectivity index (χ0v) is 10.3. The molecule has 0 radical (unpaired) electrons. The van der Waals surface area contributed by atoms with Gasteiger partial charge in [0.1, 0.15) is 0 Å². The number of rotatable bonds is 3. The van der Waals surface area contributed by atoms with Crippen LogP contribution < -0.4 is 11.1 Å². The first-order valence-electron chi connectivity index (χ1n) is 6.05. The molecule has 0 spiro atoms. The van der Waals surface area contributed by atoms with E-state index in [0.29, 0.717) is 6.04 Å². The van der Waals surface area contributed by atoms with E-state index >= 15 is 0 Å². The average molecular weight is 234 g/mol. The Morgan fingerprint density at radius 1 is 1.27 bits per heavy atom. The molecule has 2 rings (SSSR count). The molecular formula is C11H24ClN3. The maximum Gasteiger partial charge on any atom is 0.0219 e. The Morgan fingerprint density at radius 2 is 2.13 bits per heavy atom. The first-order chi connectivity index (χ1) is 6.90. The molecule has 3 nitrogen and oxygen atoms in total. The van der Waals surface area contributed by atoms with E-state index < -0.39 is 0 Å². The number of nitrogens with zero attached hydrogens (tertiary/aromatic N) is 1. The van der Waals surface area contributed by atoms with Gasteiger partial charge < -0.3 is 11.1 Å². The van der Waals surface area contributed by atoms with E-state index in [2.05, 4.69) is 10.2 Å². The van der Waals surface area contributed by atoms with E-state index in [4.69, 9.17) is 5.73 Å². The first-order valence-corrected chi connectivity index (χ1v) is 6.05. The maximum atomic E-state index is 5.77. The molecule has 0 saturated carbocycles. The smallest absolute Gasteiger partial charge is 0.0219 e. The summed E-state index contributed by atoms with van der Waals surface area (Å²) in [6.45, 7) is 5.83. The summed E-state index contributed by atoms with van der Waals surface area (Å²) >= 11 is 0. The van der Waals surface area contributed by atoms with Crippen molar-refractivity contribution >= 4 is 12.4 Å². The molecule has 0 aromatic rings. The highest BCUT2D eigenvalue weighted by molar-refractivity contribution is 5.85. The lowest BCUT2D eigenvalue weighted by Gasteiger charge is -2.30. The molecule has 2 aliphatic rings. The second-order valence-corrected chi connectivity index (χ2v) is 4.74. The van der Waals surface area contributed by atoms with Crippen LogP contribution in [0.3, 0.4) is 0 Å². The van der Waals surface area contributed by atoms with Gasteiger partial charge >= 0.3 is 0 Å². The van der Waals surface area contributed by atoms with Crippen LogP contribution in [-0.2, 0) is 0 Å². The van der Waals surface area contributed by atoms with Gasteiger partial charge in [0.25, 0.3) is 0 Å². The molecule has 0 amide bonds. The highest BCUT2D eigenvalue weighted by Gasteiger charge is 2.25. The van der Waals surface area contributed by atoms with Crippen LogP contribution in [0.25, 0.3) is 0 Å². The Morgan fingerprint density at radius 3 is 2.80 bits per heavy atom. The lowest BCUT2D eigenvalue weighted by atomic mass is 9.99. The van der Waals surface area contributed by atoms with Crippen molar-refractivity contribution in [2.45, 2.75) is 31.7 Å². The number of nitrogens with one attached hydrogen (secondary N) is 1. The van der Waals surface area contributed by atoms with E-state index in [1.807, 2.05) is 0 Å². The van der Waals surface area contributed by atoms with Crippen LogP contribution in [0, 0.1) is 5.92 Å². The normalized spacial score (nSPS) is 32.6. The van der Waals surface area contributed by atoms with Gasteiger partial charge in [-0.25, -0.2) is 0 Å². The molecule has 2 atom stereocenters. The van der Waals surface area contributed by atoms with Crippen molar-refractivity contribution in [2.24, 2.45) is 11.7 Å². The van der Waals surface area contributed by atoms with Gasteiger partial charge in [0, 0.05) is 19.1 Å². The molecule has 0 aliphatic carbocycles. The summed E-state index contributed by atoms with van der Waals surface area (Å²) in [5, 5.41) is 3.48. The van der Waals surface area contributed by atoms with Gasteiger partial charge in [-0.15, -0.1) is 12.4 Å². The number of likely N-dealkylation sites (tertiary alicyclic amines) is 1. The van der Waals surface area contributed by atoms with Crippen molar-refractivity contribution < 1.29 is 0 Å². The molecule has 0 aromatic heterocycles. The number of hydrogen-bond acceptors (Lipinski definition) is 3. The number of hydrogen-bond donors (Lipinski definition) is 2. The second kappa shape index (κ2) is 6.69. The third-order valence-electron chi connectivity index (χ3n) is 3.66. The molecule has 2 saturated heterocycles. The predicted molar refractivity (Wildman–Crippen MR) is 66.5 cm³/mol. The van der Waals surface area contributed by atoms with Crippen LogP contribution in [0.4, 0.5) is 0 Å². The fourth-order valence-corrected chi connectivity index (χ4v) is 2.81. The highest BCUT2D eigenvalue weighted by atomic mass is 35.5. The number of nitrogens with two attached hydrogens (primary N) is 1. The molecule has 0 aromatic carbocycles. The SMILES string of the molecule is Cl.NCC1CCCN1CC1CCCNC1. The Bertz CT molecular complexity index is 171. The first kappa shape index (κ1) is 13.2. The zero-order valence-electron chi connectivity index (χ0n) is 9.45. The van der Waals surface area contributed by atoms with Crippen molar-refractivity contribution in [1.29, 1.82) is 0 Å². The van der Waals surface area contributed by atoms with Crippen LogP contribution in [0.2, 0.25) is 0 Å². The van der Waals surface area contributed by atoms with E-state index in [-0.39, 0.29) is 12.4 Å². The van der Waals surface area contributed by atoms with Crippen molar-refractivity contribution in [3.63, 3.8) is 0 Å². The van der Waals surface area contributed by atoms with E-state index in [1.54, 1.807) is 0 Å². The number of halogens is 1. The molecule has 2 unspecified atom stereocenters. The molecule has 15 heavy (non-hydrogen) atoms. The van der Waals surface area contributed by atoms with E-state index in [0.717, 1.165) is 12.5 Å². The van der Waals surface area contributed by atoms with Crippen molar-refractivity contribution in [1.82, 2.24) is 10.2 Å². The zero-order chi connectivity index (χ0) is 9.80. The predicted octanol–water partition coefficient (Wildman–Crippen LogP) is 0.831. The molecule has 2 fully saturated rings. The molecule has 3 N–H and O–H groups in total. The summed E-state index contributed by atoms with van der Waals surface area (Å²) in [7, 11) is 0. The summed E-state index contributed by atoms with van der Waals surface area (Å²) < 4.78 is 0. The maximum absolute atomic E-state index is 5.77. The molecule has 2 aliphatic heterocycles. The van der Waals surface area contributed by atoms with Gasteiger partial charge in [-0.3, -0.25) is 4.90 Å². The standard InChI is InChI=1S/C11H23N3.ClH/c12-7-11-4-2-6-14(11)9-10-3-1-5-13-8-10;/h10-11,13H,1-9,12H2;1H. The van der Waals surface area contributed by atoms with E-state index in [1.165, 1.54) is 51.9 Å². The Hall–Kier alpha value is 0.170. The number of piperidine rings is 1. The van der Waals surface area contributed by atoms with Gasteiger partial charge in [-0.1, -0.05) is 0 Å². The fourth-order valence-electron chi connectivity index (χ4n) is 2.81. The summed E-state index contributed by atoms with van der Waals surface area (Å²) in [4.78, 5) is 2.61. The van der Waals surface area contributed by atoms with Crippen LogP contribution >= 0.6 is 12.4 Å². The van der Waals surface area contributed by atoms with Crippen LogP contribution in [0.15, 0.2) is 0 Å². The third kappa shape index (κ3) is 3.59. The minimum atomic E-state index is 0. The topological polar surface area (TPSA) is 41.3 Å². The summed E-state index contributed by atoms with van der Waals surface area (Å²) in [5.74, 6) is 0.871. The lowest BCUT2D eigenvalue weighted by molar-refractivity contribution is 0.197. The second-order valence-electron chi connectivity index (χ2n) is 4.74. The Kier molecular flexibility index (Phi) is 5.90. The van der Waals surface area contributed by atoms with Crippen LogP contribution in [0.1, 0.15) is 25.7 Å². The van der Waals surface area contributed by atoms with Gasteiger partial charge in [-0.05, 0) is 51.2 Å². The Balaban J connectivity index is 0.00000112. The highest BCUT2D eigenvalue weighted by Crippen LogP contribution is 2.20. The minimum Gasteiger partial charge on any atom is -0.329 e. The molecule has 0 bridgehead atoms. The third-order valence-corrected chi connectivity index (χ3v) is 3.66. The van der Waals surface area contributed by atoms with Gasteiger partial charge in [-0.2, -0.15) is 0 Å². The Labute approximate surface area is 99.2 Å². The van der Waals surface area contributed by atoms with Gasteiger partial charge in [0.15, 0.2) is 0 Å². The molecular weight excluding hydrogens is 210 g/mol. The van der Waals surface area contributed by atoms with E-state index in [9.17, 15) is 0 Å². The molecule has 2 heterocycles. The monoisotopic (exact) mass is 233 g/mol. The van der Waals surface area contributed by atoms with Crippen LogP contribution in [-0.4, -0.2) is 43.7 Å². The van der Waals surface area contributed by atoms with Crippen molar-refractivity contribution in [3.8, 4) is 0 Å². The fraction of sp³-hybridized carbons (Fsp3) is 1.00. The van der Waals surface area contributed by atoms with Crippen molar-refractivity contribution in [3.05, 3.63) is 0 Å².